The second kappa shape index (κ2) is 5.02. The largest absolute Gasteiger partial charge is 0.427 e. The number of rotatable bonds is 3. The van der Waals surface area contributed by atoms with Gasteiger partial charge in [-0.05, 0) is 22.0 Å². The number of nitrogen functional groups attached to an aromatic ring is 1. The third-order valence-corrected chi connectivity index (χ3v) is 3.33. The minimum absolute atomic E-state index is 0.0468. The van der Waals surface area contributed by atoms with E-state index >= 15 is 0 Å². The summed E-state index contributed by atoms with van der Waals surface area (Å²) in [7, 11) is 0. The summed E-state index contributed by atoms with van der Waals surface area (Å²) in [4.78, 5) is 18.7. The summed E-state index contributed by atoms with van der Waals surface area (Å²) in [5.74, 6) is 0.353. The van der Waals surface area contributed by atoms with Crippen molar-refractivity contribution in [3.05, 3.63) is 51.4 Å². The van der Waals surface area contributed by atoms with E-state index in [0.29, 0.717) is 10.1 Å². The van der Waals surface area contributed by atoms with Crippen LogP contribution in [0, 0.1) is 10.1 Å². The molecule has 1 aromatic carbocycles. The zero-order valence-electron chi connectivity index (χ0n) is 10.4. The van der Waals surface area contributed by atoms with Gasteiger partial charge in [0.15, 0.2) is 0 Å². The molecule has 0 aliphatic rings. The third kappa shape index (κ3) is 2.38. The molecule has 0 amide bonds. The maximum Gasteiger partial charge on any atom is 0.312 e. The first-order chi connectivity index (χ1) is 10.1. The topological polar surface area (TPSA) is 109 Å². The summed E-state index contributed by atoms with van der Waals surface area (Å²) in [5, 5.41) is 11.1. The normalized spacial score (nSPS) is 10.7. The van der Waals surface area contributed by atoms with E-state index in [9.17, 15) is 10.1 Å². The van der Waals surface area contributed by atoms with Crippen LogP contribution in [0.25, 0.3) is 5.65 Å². The molecule has 2 aromatic heterocycles. The average Bonchev–Trinajstić information content (AvgIpc) is 2.88. The van der Waals surface area contributed by atoms with Crippen LogP contribution in [0.15, 0.2) is 41.3 Å². The molecule has 0 bridgehead atoms. The van der Waals surface area contributed by atoms with Crippen molar-refractivity contribution in [3.8, 4) is 11.6 Å². The minimum atomic E-state index is -0.533. The molecule has 2 heterocycles. The number of fused-ring (bicyclic) bond motifs is 1. The summed E-state index contributed by atoms with van der Waals surface area (Å²) in [5.41, 5.74) is 5.92. The van der Waals surface area contributed by atoms with Crippen molar-refractivity contribution >= 4 is 33.1 Å². The van der Waals surface area contributed by atoms with Gasteiger partial charge in [-0.3, -0.25) is 14.5 Å². The second-order valence-electron chi connectivity index (χ2n) is 4.08. The van der Waals surface area contributed by atoms with Crippen LogP contribution >= 0.6 is 15.9 Å². The predicted octanol–water partition coefficient (Wildman–Crippen LogP) is 2.77. The molecule has 0 fully saturated rings. The molecule has 3 rings (SSSR count). The van der Waals surface area contributed by atoms with Gasteiger partial charge in [-0.15, -0.1) is 0 Å². The van der Waals surface area contributed by atoms with Gasteiger partial charge in [0.2, 0.25) is 11.4 Å². The Morgan fingerprint density at radius 3 is 3.00 bits per heavy atom. The summed E-state index contributed by atoms with van der Waals surface area (Å²) in [6, 6.07) is 4.53. The van der Waals surface area contributed by atoms with Gasteiger partial charge in [-0.2, -0.15) is 4.98 Å². The van der Waals surface area contributed by atoms with Crippen LogP contribution in [0.2, 0.25) is 0 Å². The van der Waals surface area contributed by atoms with Gasteiger partial charge in [-0.25, -0.2) is 4.98 Å². The van der Waals surface area contributed by atoms with Crippen LogP contribution in [-0.4, -0.2) is 19.3 Å². The summed E-state index contributed by atoms with van der Waals surface area (Å²) in [6.07, 6.45) is 4.80. The van der Waals surface area contributed by atoms with Crippen LogP contribution in [0.4, 0.5) is 11.5 Å². The Kier molecular flexibility index (Phi) is 3.18. The van der Waals surface area contributed by atoms with Crippen molar-refractivity contribution in [2.24, 2.45) is 0 Å². The maximum absolute atomic E-state index is 11.1. The lowest BCUT2D eigenvalue weighted by molar-refractivity contribution is -0.385. The number of hydrogen-bond acceptors (Lipinski definition) is 6. The van der Waals surface area contributed by atoms with Crippen molar-refractivity contribution in [2.75, 3.05) is 5.73 Å². The van der Waals surface area contributed by atoms with Crippen molar-refractivity contribution in [2.45, 2.75) is 0 Å². The Labute approximate surface area is 126 Å². The van der Waals surface area contributed by atoms with Crippen molar-refractivity contribution in [3.63, 3.8) is 0 Å². The highest BCUT2D eigenvalue weighted by Crippen LogP contribution is 2.38. The molecule has 8 nitrogen and oxygen atoms in total. The first-order valence-electron chi connectivity index (χ1n) is 5.76. The van der Waals surface area contributed by atoms with E-state index in [0.717, 1.165) is 0 Å². The van der Waals surface area contributed by atoms with Crippen LogP contribution < -0.4 is 10.5 Å². The highest BCUT2D eigenvalue weighted by atomic mass is 79.9. The molecule has 0 aliphatic heterocycles. The predicted molar refractivity (Wildman–Crippen MR) is 78.3 cm³/mol. The third-order valence-electron chi connectivity index (χ3n) is 2.70. The molecule has 3 aromatic rings. The molecule has 2 N–H and O–H groups in total. The number of nitro benzene ring substituents is 1. The smallest absolute Gasteiger partial charge is 0.312 e. The average molecular weight is 350 g/mol. The van der Waals surface area contributed by atoms with Crippen molar-refractivity contribution in [1.29, 1.82) is 0 Å². The van der Waals surface area contributed by atoms with E-state index in [4.69, 9.17) is 10.5 Å². The van der Waals surface area contributed by atoms with Gasteiger partial charge in [0.1, 0.15) is 5.82 Å². The first kappa shape index (κ1) is 13.3. The lowest BCUT2D eigenvalue weighted by Gasteiger charge is -2.08. The van der Waals surface area contributed by atoms with Gasteiger partial charge in [0, 0.05) is 18.5 Å². The van der Waals surface area contributed by atoms with Crippen LogP contribution in [-0.2, 0) is 0 Å². The number of anilines is 1. The van der Waals surface area contributed by atoms with E-state index < -0.39 is 4.92 Å². The fraction of sp³-hybridized carbons (Fsp3) is 0. The van der Waals surface area contributed by atoms with E-state index in [-0.39, 0.29) is 23.1 Å². The Morgan fingerprint density at radius 2 is 2.24 bits per heavy atom. The lowest BCUT2D eigenvalue weighted by atomic mass is 10.3. The lowest BCUT2D eigenvalue weighted by Crippen LogP contribution is -2.01. The number of halogens is 1. The molecule has 0 spiro atoms. The SMILES string of the molecule is Nc1cn2ccnc2c(Oc2c(Br)cccc2[N+](=O)[O-])n1. The number of ether oxygens (including phenoxy) is 1. The van der Waals surface area contributed by atoms with Crippen LogP contribution in [0.3, 0.4) is 0 Å². The summed E-state index contributed by atoms with van der Waals surface area (Å²) < 4.78 is 7.65. The molecule has 106 valence electrons. The fourth-order valence-corrected chi connectivity index (χ4v) is 2.27. The number of imidazole rings is 1. The summed E-state index contributed by atoms with van der Waals surface area (Å²) in [6.45, 7) is 0. The Morgan fingerprint density at radius 1 is 1.43 bits per heavy atom. The van der Waals surface area contributed by atoms with Crippen molar-refractivity contribution < 1.29 is 9.66 Å². The zero-order chi connectivity index (χ0) is 15.0. The number of nitro groups is 1. The second-order valence-corrected chi connectivity index (χ2v) is 4.93. The van der Waals surface area contributed by atoms with Gasteiger partial charge >= 0.3 is 5.69 Å². The summed E-state index contributed by atoms with van der Waals surface area (Å²) >= 11 is 3.23. The Balaban J connectivity index is 2.15. The Bertz CT molecular complexity index is 848. The fourth-order valence-electron chi connectivity index (χ4n) is 1.83. The zero-order valence-corrected chi connectivity index (χ0v) is 12.0. The molecule has 0 unspecified atom stereocenters. The van der Waals surface area contributed by atoms with E-state index in [1.54, 1.807) is 35.1 Å². The first-order valence-corrected chi connectivity index (χ1v) is 6.55. The number of nitrogens with zero attached hydrogens (tertiary/aromatic N) is 4. The number of nitrogens with two attached hydrogens (primary N) is 1. The molecule has 21 heavy (non-hydrogen) atoms. The van der Waals surface area contributed by atoms with Gasteiger partial charge < -0.3 is 10.5 Å². The molecule has 9 heteroatoms. The van der Waals surface area contributed by atoms with Crippen molar-refractivity contribution in [1.82, 2.24) is 14.4 Å². The van der Waals surface area contributed by atoms with Gasteiger partial charge in [0.25, 0.3) is 5.88 Å². The van der Waals surface area contributed by atoms with Gasteiger partial charge in [0.05, 0.1) is 15.6 Å². The van der Waals surface area contributed by atoms with E-state index in [1.165, 1.54) is 6.07 Å². The number of benzene rings is 1. The molecule has 0 radical (unpaired) electrons. The van der Waals surface area contributed by atoms with Crippen LogP contribution in [0.5, 0.6) is 11.6 Å². The standard InChI is InChI=1S/C12H8BrN5O3/c13-7-2-1-3-8(18(19)20)10(7)21-12-11-15-4-5-17(11)6-9(14)16-12/h1-6H,14H2. The van der Waals surface area contributed by atoms with Crippen LogP contribution in [0.1, 0.15) is 0 Å². The monoisotopic (exact) mass is 349 g/mol. The quantitative estimate of drug-likeness (QED) is 0.575. The van der Waals surface area contributed by atoms with Gasteiger partial charge in [-0.1, -0.05) is 6.07 Å². The molecular weight excluding hydrogens is 342 g/mol. The molecule has 0 atom stereocenters. The number of para-hydroxylation sites is 1. The van der Waals surface area contributed by atoms with E-state index in [2.05, 4.69) is 25.9 Å². The highest BCUT2D eigenvalue weighted by molar-refractivity contribution is 9.10. The highest BCUT2D eigenvalue weighted by Gasteiger charge is 2.21. The Hall–Kier alpha value is -2.68. The number of hydrogen-bond donors (Lipinski definition) is 1. The molecule has 0 saturated heterocycles. The number of aromatic nitrogens is 3. The molecule has 0 saturated carbocycles. The molecular formula is C12H8BrN5O3. The minimum Gasteiger partial charge on any atom is -0.427 e. The maximum atomic E-state index is 11.1. The van der Waals surface area contributed by atoms with E-state index in [1.807, 2.05) is 0 Å². The molecule has 0 aliphatic carbocycles.